The van der Waals surface area contributed by atoms with Crippen LogP contribution in [-0.4, -0.2) is 30.6 Å². The third-order valence-electron chi connectivity index (χ3n) is 5.66. The van der Waals surface area contributed by atoms with Crippen molar-refractivity contribution >= 4 is 28.3 Å². The number of amides is 1. The van der Waals surface area contributed by atoms with Crippen LogP contribution in [0.1, 0.15) is 30.9 Å². The zero-order valence-corrected chi connectivity index (χ0v) is 17.9. The van der Waals surface area contributed by atoms with Crippen LogP contribution in [-0.2, 0) is 4.79 Å². The lowest BCUT2D eigenvalue weighted by molar-refractivity contribution is -0.118. The van der Waals surface area contributed by atoms with Gasteiger partial charge in [0, 0.05) is 24.2 Å². The fourth-order valence-corrected chi connectivity index (χ4v) is 4.08. The van der Waals surface area contributed by atoms with Crippen molar-refractivity contribution in [3.63, 3.8) is 0 Å². The number of benzene rings is 2. The summed E-state index contributed by atoms with van der Waals surface area (Å²) in [5.74, 6) is 2.11. The Kier molecular flexibility index (Phi) is 5.88. The first-order valence-corrected chi connectivity index (χ1v) is 10.6. The fourth-order valence-electron chi connectivity index (χ4n) is 4.08. The number of anilines is 2. The van der Waals surface area contributed by atoms with Gasteiger partial charge in [-0.3, -0.25) is 4.79 Å². The first-order valence-electron chi connectivity index (χ1n) is 10.6. The molecule has 4 rings (SSSR count). The van der Waals surface area contributed by atoms with Gasteiger partial charge in [0.1, 0.15) is 17.1 Å². The van der Waals surface area contributed by atoms with Crippen LogP contribution in [0.2, 0.25) is 0 Å². The van der Waals surface area contributed by atoms with E-state index in [1.807, 2.05) is 50.2 Å². The Balaban J connectivity index is 1.49. The molecule has 1 saturated heterocycles. The standard InChI is InChI=1S/C25H29N3O2/c1-17-9-11-21(19(3)14-17)26-24(29)16-30-22-8-4-7-20-10-12-23(27-25(20)22)28-13-5-6-18(2)15-28/h4,7-12,14,18H,5-6,13,15-16H2,1-3H3,(H,26,29). The smallest absolute Gasteiger partial charge is 0.262 e. The summed E-state index contributed by atoms with van der Waals surface area (Å²) in [5, 5.41) is 3.94. The highest BCUT2D eigenvalue weighted by Gasteiger charge is 2.18. The van der Waals surface area contributed by atoms with Crippen molar-refractivity contribution in [3.8, 4) is 5.75 Å². The van der Waals surface area contributed by atoms with Crippen molar-refractivity contribution in [3.05, 3.63) is 59.7 Å². The Hall–Kier alpha value is -3.08. The van der Waals surface area contributed by atoms with Gasteiger partial charge in [-0.25, -0.2) is 4.98 Å². The van der Waals surface area contributed by atoms with Gasteiger partial charge in [0.15, 0.2) is 6.61 Å². The number of hydrogen-bond donors (Lipinski definition) is 1. The molecule has 1 fully saturated rings. The maximum absolute atomic E-state index is 12.4. The van der Waals surface area contributed by atoms with Gasteiger partial charge >= 0.3 is 0 Å². The maximum atomic E-state index is 12.4. The van der Waals surface area contributed by atoms with Gasteiger partial charge in [-0.2, -0.15) is 0 Å². The van der Waals surface area contributed by atoms with Crippen LogP contribution in [0.5, 0.6) is 5.75 Å². The number of fused-ring (bicyclic) bond motifs is 1. The lowest BCUT2D eigenvalue weighted by Crippen LogP contribution is -2.34. The van der Waals surface area contributed by atoms with Gasteiger partial charge in [0.05, 0.1) is 0 Å². The molecule has 1 N–H and O–H groups in total. The summed E-state index contributed by atoms with van der Waals surface area (Å²) < 4.78 is 5.89. The lowest BCUT2D eigenvalue weighted by Gasteiger charge is -2.32. The highest BCUT2D eigenvalue weighted by molar-refractivity contribution is 5.93. The molecule has 1 aromatic heterocycles. The number of rotatable bonds is 5. The van der Waals surface area contributed by atoms with Crippen LogP contribution in [0.15, 0.2) is 48.5 Å². The summed E-state index contributed by atoms with van der Waals surface area (Å²) in [7, 11) is 0. The van der Waals surface area contributed by atoms with Crippen LogP contribution >= 0.6 is 0 Å². The largest absolute Gasteiger partial charge is 0.481 e. The molecule has 2 aromatic carbocycles. The SMILES string of the molecule is Cc1ccc(NC(=O)COc2cccc3ccc(N4CCCC(C)C4)nc23)c(C)c1. The Morgan fingerprint density at radius 2 is 2.07 bits per heavy atom. The molecule has 5 heteroatoms. The molecular weight excluding hydrogens is 374 g/mol. The first kappa shape index (κ1) is 20.2. The molecule has 3 aromatic rings. The van der Waals surface area contributed by atoms with Crippen molar-refractivity contribution in [2.75, 3.05) is 29.9 Å². The van der Waals surface area contributed by atoms with Crippen molar-refractivity contribution in [2.45, 2.75) is 33.6 Å². The molecule has 0 radical (unpaired) electrons. The second-order valence-corrected chi connectivity index (χ2v) is 8.35. The van der Waals surface area contributed by atoms with Crippen molar-refractivity contribution < 1.29 is 9.53 Å². The molecule has 0 saturated carbocycles. The molecule has 30 heavy (non-hydrogen) atoms. The topological polar surface area (TPSA) is 54.5 Å². The van der Waals surface area contributed by atoms with E-state index in [4.69, 9.17) is 9.72 Å². The molecule has 5 nitrogen and oxygen atoms in total. The Bertz CT molecular complexity index is 1060. The number of carbonyl (C=O) groups excluding carboxylic acids is 1. The third kappa shape index (κ3) is 4.56. The van der Waals surface area contributed by atoms with E-state index in [1.54, 1.807) is 0 Å². The van der Waals surface area contributed by atoms with Crippen LogP contribution in [0.3, 0.4) is 0 Å². The van der Waals surface area contributed by atoms with Gasteiger partial charge in [0.2, 0.25) is 0 Å². The Labute approximate surface area is 178 Å². The van der Waals surface area contributed by atoms with Crippen molar-refractivity contribution in [2.24, 2.45) is 5.92 Å². The number of hydrogen-bond acceptors (Lipinski definition) is 4. The van der Waals surface area contributed by atoms with Gasteiger partial charge < -0.3 is 15.0 Å². The molecule has 1 amide bonds. The molecule has 1 aliphatic heterocycles. The number of aromatic nitrogens is 1. The van der Waals surface area contributed by atoms with Crippen LogP contribution in [0, 0.1) is 19.8 Å². The van der Waals surface area contributed by atoms with E-state index in [9.17, 15) is 4.79 Å². The van der Waals surface area contributed by atoms with E-state index < -0.39 is 0 Å². The molecule has 1 unspecified atom stereocenters. The van der Waals surface area contributed by atoms with E-state index in [2.05, 4.69) is 29.3 Å². The number of para-hydroxylation sites is 1. The van der Waals surface area contributed by atoms with E-state index in [0.29, 0.717) is 11.7 Å². The molecular formula is C25H29N3O2. The predicted octanol–water partition coefficient (Wildman–Crippen LogP) is 5.11. The van der Waals surface area contributed by atoms with Crippen LogP contribution in [0.4, 0.5) is 11.5 Å². The molecule has 156 valence electrons. The molecule has 2 heterocycles. The summed E-state index contributed by atoms with van der Waals surface area (Å²) >= 11 is 0. The molecule has 0 bridgehead atoms. The van der Waals surface area contributed by atoms with Gasteiger partial charge in [-0.15, -0.1) is 0 Å². The van der Waals surface area contributed by atoms with E-state index >= 15 is 0 Å². The predicted molar refractivity (Wildman–Crippen MR) is 122 cm³/mol. The second-order valence-electron chi connectivity index (χ2n) is 8.35. The number of carbonyl (C=O) groups is 1. The van der Waals surface area contributed by atoms with Crippen molar-refractivity contribution in [1.29, 1.82) is 0 Å². The summed E-state index contributed by atoms with van der Waals surface area (Å²) in [5.41, 5.74) is 3.82. The van der Waals surface area contributed by atoms with Crippen LogP contribution in [0.25, 0.3) is 10.9 Å². The highest BCUT2D eigenvalue weighted by Crippen LogP contribution is 2.28. The number of nitrogens with zero attached hydrogens (tertiary/aromatic N) is 2. The Morgan fingerprint density at radius 1 is 1.20 bits per heavy atom. The third-order valence-corrected chi connectivity index (χ3v) is 5.66. The molecule has 0 spiro atoms. The number of pyridine rings is 1. The van der Waals surface area contributed by atoms with E-state index in [-0.39, 0.29) is 12.5 Å². The molecule has 1 atom stereocenters. The normalized spacial score (nSPS) is 16.5. The zero-order valence-electron chi connectivity index (χ0n) is 17.9. The van der Waals surface area contributed by atoms with E-state index in [0.717, 1.165) is 41.1 Å². The van der Waals surface area contributed by atoms with E-state index in [1.165, 1.54) is 18.4 Å². The monoisotopic (exact) mass is 403 g/mol. The number of nitrogens with one attached hydrogen (secondary N) is 1. The quantitative estimate of drug-likeness (QED) is 0.643. The van der Waals surface area contributed by atoms with Crippen LogP contribution < -0.4 is 15.0 Å². The maximum Gasteiger partial charge on any atom is 0.262 e. The molecule has 0 aliphatic carbocycles. The minimum atomic E-state index is -0.181. The summed E-state index contributed by atoms with van der Waals surface area (Å²) in [6.45, 7) is 8.31. The lowest BCUT2D eigenvalue weighted by atomic mass is 10.0. The first-order chi connectivity index (χ1) is 14.5. The zero-order chi connectivity index (χ0) is 21.1. The average molecular weight is 404 g/mol. The summed E-state index contributed by atoms with van der Waals surface area (Å²) in [6, 6.07) is 16.0. The number of ether oxygens (including phenoxy) is 1. The van der Waals surface area contributed by atoms with Gasteiger partial charge in [0.25, 0.3) is 5.91 Å². The second kappa shape index (κ2) is 8.74. The summed E-state index contributed by atoms with van der Waals surface area (Å²) in [4.78, 5) is 19.7. The minimum absolute atomic E-state index is 0.0565. The number of aryl methyl sites for hydroxylation is 2. The minimum Gasteiger partial charge on any atom is -0.481 e. The average Bonchev–Trinajstić information content (AvgIpc) is 2.74. The number of piperidine rings is 1. The van der Waals surface area contributed by atoms with Gasteiger partial charge in [-0.1, -0.05) is 36.8 Å². The summed E-state index contributed by atoms with van der Waals surface area (Å²) in [6.07, 6.45) is 2.46. The fraction of sp³-hybridized carbons (Fsp3) is 0.360. The van der Waals surface area contributed by atoms with Crippen molar-refractivity contribution in [1.82, 2.24) is 4.98 Å². The van der Waals surface area contributed by atoms with Gasteiger partial charge in [-0.05, 0) is 62.4 Å². The molecule has 1 aliphatic rings. The highest BCUT2D eigenvalue weighted by atomic mass is 16.5. The Morgan fingerprint density at radius 3 is 2.87 bits per heavy atom.